The Morgan fingerprint density at radius 2 is 1.44 bits per heavy atom. The summed E-state index contributed by atoms with van der Waals surface area (Å²) in [6.45, 7) is 5.41. The molecule has 0 bridgehead atoms. The number of aliphatic imine (C=N–C) groups is 2. The molecule has 0 spiro atoms. The number of hydrogen-bond acceptors (Lipinski definition) is 4. The Kier molecular flexibility index (Phi) is 2.78. The van der Waals surface area contributed by atoms with E-state index in [1.54, 1.807) is 0 Å². The molecule has 2 aliphatic heterocycles. The molecule has 0 radical (unpaired) electrons. The van der Waals surface area contributed by atoms with Crippen LogP contribution in [-0.2, 0) is 9.47 Å². The Labute approximate surface area is 106 Å². The molecular formula is C14H16N2O2. The van der Waals surface area contributed by atoms with Crippen molar-refractivity contribution in [3.05, 3.63) is 35.4 Å². The first kappa shape index (κ1) is 11.3. The molecule has 4 heteroatoms. The predicted octanol–water partition coefficient (Wildman–Crippen LogP) is 2.02. The van der Waals surface area contributed by atoms with Crippen LogP contribution in [0.2, 0.25) is 0 Å². The average Bonchev–Trinajstić information content (AvgIpc) is 2.98. The van der Waals surface area contributed by atoms with Crippen LogP contribution in [0.1, 0.15) is 25.0 Å². The van der Waals surface area contributed by atoms with E-state index in [0.29, 0.717) is 13.2 Å². The molecule has 2 heterocycles. The molecule has 0 saturated carbocycles. The normalized spacial score (nSPS) is 26.3. The van der Waals surface area contributed by atoms with Gasteiger partial charge in [0.2, 0.25) is 11.8 Å². The Hall–Kier alpha value is -1.84. The largest absolute Gasteiger partial charge is 0.475 e. The Morgan fingerprint density at radius 3 is 1.83 bits per heavy atom. The summed E-state index contributed by atoms with van der Waals surface area (Å²) in [5, 5.41) is 0. The van der Waals surface area contributed by atoms with E-state index in [2.05, 4.69) is 9.98 Å². The van der Waals surface area contributed by atoms with Gasteiger partial charge in [0, 0.05) is 11.1 Å². The fourth-order valence-corrected chi connectivity index (χ4v) is 2.05. The molecule has 0 N–H and O–H groups in total. The van der Waals surface area contributed by atoms with E-state index in [0.717, 1.165) is 22.9 Å². The van der Waals surface area contributed by atoms with Gasteiger partial charge in [-0.15, -0.1) is 0 Å². The minimum absolute atomic E-state index is 0.240. The molecule has 18 heavy (non-hydrogen) atoms. The lowest BCUT2D eigenvalue weighted by Crippen LogP contribution is -2.06. The summed E-state index contributed by atoms with van der Waals surface area (Å²) in [4.78, 5) is 8.91. The van der Waals surface area contributed by atoms with Crippen molar-refractivity contribution in [1.29, 1.82) is 0 Å². The molecule has 4 nitrogen and oxygen atoms in total. The van der Waals surface area contributed by atoms with Crippen molar-refractivity contribution in [3.63, 3.8) is 0 Å². The van der Waals surface area contributed by atoms with Crippen molar-refractivity contribution in [2.45, 2.75) is 25.9 Å². The molecule has 94 valence electrons. The summed E-state index contributed by atoms with van der Waals surface area (Å²) in [7, 11) is 0. The third-order valence-electron chi connectivity index (χ3n) is 2.95. The summed E-state index contributed by atoms with van der Waals surface area (Å²) in [6.07, 6.45) is 0. The van der Waals surface area contributed by atoms with E-state index in [1.165, 1.54) is 0 Å². The van der Waals surface area contributed by atoms with Crippen LogP contribution in [0.3, 0.4) is 0 Å². The second-order valence-corrected chi connectivity index (χ2v) is 4.77. The maximum atomic E-state index is 5.56. The van der Waals surface area contributed by atoms with Gasteiger partial charge in [-0.05, 0) is 32.0 Å². The summed E-state index contributed by atoms with van der Waals surface area (Å²) in [5.74, 6) is 1.44. The molecule has 0 amide bonds. The summed E-state index contributed by atoms with van der Waals surface area (Å²) < 4.78 is 11.1. The standard InChI is InChI=1S/C14H16N2O2/c1-9-7-17-13(15-9)11-4-3-5-12(6-11)14-16-10(2)8-18-14/h3-6,9-10H,7-8H2,1-2H3/t9-,10-/m1/s1. The van der Waals surface area contributed by atoms with Gasteiger partial charge in [-0.25, -0.2) is 9.98 Å². The highest BCUT2D eigenvalue weighted by atomic mass is 16.5. The van der Waals surface area contributed by atoms with Crippen LogP contribution in [0.4, 0.5) is 0 Å². The summed E-state index contributed by atoms with van der Waals surface area (Å²) in [6, 6.07) is 8.48. The Balaban J connectivity index is 1.90. The highest BCUT2D eigenvalue weighted by Gasteiger charge is 2.19. The zero-order chi connectivity index (χ0) is 12.5. The molecule has 1 aromatic carbocycles. The van der Waals surface area contributed by atoms with Crippen LogP contribution in [0.5, 0.6) is 0 Å². The van der Waals surface area contributed by atoms with Crippen LogP contribution < -0.4 is 0 Å². The highest BCUT2D eigenvalue weighted by molar-refractivity contribution is 6.00. The van der Waals surface area contributed by atoms with Crippen LogP contribution in [0.25, 0.3) is 0 Å². The van der Waals surface area contributed by atoms with Crippen LogP contribution >= 0.6 is 0 Å². The van der Waals surface area contributed by atoms with Gasteiger partial charge in [-0.1, -0.05) is 6.07 Å². The topological polar surface area (TPSA) is 43.2 Å². The Morgan fingerprint density at radius 1 is 0.944 bits per heavy atom. The molecule has 0 unspecified atom stereocenters. The zero-order valence-corrected chi connectivity index (χ0v) is 10.6. The van der Waals surface area contributed by atoms with Crippen LogP contribution in [0.15, 0.2) is 34.3 Å². The van der Waals surface area contributed by atoms with Gasteiger partial charge in [-0.3, -0.25) is 0 Å². The van der Waals surface area contributed by atoms with E-state index in [9.17, 15) is 0 Å². The number of ether oxygens (including phenoxy) is 2. The monoisotopic (exact) mass is 244 g/mol. The van der Waals surface area contributed by atoms with Gasteiger partial charge in [0.15, 0.2) is 0 Å². The second-order valence-electron chi connectivity index (χ2n) is 4.77. The van der Waals surface area contributed by atoms with E-state index in [-0.39, 0.29) is 12.1 Å². The van der Waals surface area contributed by atoms with Gasteiger partial charge in [0.25, 0.3) is 0 Å². The number of nitrogens with zero attached hydrogens (tertiary/aromatic N) is 2. The molecule has 2 atom stereocenters. The van der Waals surface area contributed by atoms with Crippen molar-refractivity contribution >= 4 is 11.8 Å². The zero-order valence-electron chi connectivity index (χ0n) is 10.6. The minimum atomic E-state index is 0.240. The number of hydrogen-bond donors (Lipinski definition) is 0. The molecule has 2 aliphatic rings. The van der Waals surface area contributed by atoms with Crippen LogP contribution in [-0.4, -0.2) is 37.1 Å². The molecule has 0 saturated heterocycles. The number of benzene rings is 1. The maximum absolute atomic E-state index is 5.56. The van der Waals surface area contributed by atoms with E-state index in [1.807, 2.05) is 38.1 Å². The third kappa shape index (κ3) is 2.10. The molecule has 1 aromatic rings. The fourth-order valence-electron chi connectivity index (χ4n) is 2.05. The maximum Gasteiger partial charge on any atom is 0.216 e. The lowest BCUT2D eigenvalue weighted by Gasteiger charge is -2.05. The Bertz CT molecular complexity index is 479. The quantitative estimate of drug-likeness (QED) is 0.798. The van der Waals surface area contributed by atoms with Crippen molar-refractivity contribution in [1.82, 2.24) is 0 Å². The molecule has 0 fully saturated rings. The SMILES string of the molecule is C[C@@H]1COC(c2cccc(C3=N[C@H](C)CO3)c2)=N1. The van der Waals surface area contributed by atoms with Gasteiger partial charge in [0.1, 0.15) is 13.2 Å². The first-order valence-corrected chi connectivity index (χ1v) is 6.24. The van der Waals surface area contributed by atoms with E-state index >= 15 is 0 Å². The molecule has 3 rings (SSSR count). The van der Waals surface area contributed by atoms with E-state index in [4.69, 9.17) is 9.47 Å². The first-order chi connectivity index (χ1) is 8.72. The van der Waals surface area contributed by atoms with Gasteiger partial charge >= 0.3 is 0 Å². The van der Waals surface area contributed by atoms with Crippen molar-refractivity contribution in [3.8, 4) is 0 Å². The fraction of sp³-hybridized carbons (Fsp3) is 0.429. The lowest BCUT2D eigenvalue weighted by molar-refractivity contribution is 0.323. The molecular weight excluding hydrogens is 228 g/mol. The second kappa shape index (κ2) is 4.44. The van der Waals surface area contributed by atoms with Crippen LogP contribution in [0, 0.1) is 0 Å². The number of rotatable bonds is 2. The van der Waals surface area contributed by atoms with E-state index < -0.39 is 0 Å². The summed E-state index contributed by atoms with van der Waals surface area (Å²) in [5.41, 5.74) is 1.98. The highest BCUT2D eigenvalue weighted by Crippen LogP contribution is 2.16. The van der Waals surface area contributed by atoms with Crippen molar-refractivity contribution in [2.75, 3.05) is 13.2 Å². The predicted molar refractivity (Wildman–Crippen MR) is 70.3 cm³/mol. The smallest absolute Gasteiger partial charge is 0.216 e. The van der Waals surface area contributed by atoms with Gasteiger partial charge in [0.05, 0.1) is 12.1 Å². The summed E-state index contributed by atoms with van der Waals surface area (Å²) >= 11 is 0. The molecule has 0 aliphatic carbocycles. The van der Waals surface area contributed by atoms with Gasteiger partial charge in [-0.2, -0.15) is 0 Å². The first-order valence-electron chi connectivity index (χ1n) is 6.24. The van der Waals surface area contributed by atoms with Crippen molar-refractivity contribution < 1.29 is 9.47 Å². The average molecular weight is 244 g/mol. The van der Waals surface area contributed by atoms with Gasteiger partial charge < -0.3 is 9.47 Å². The third-order valence-corrected chi connectivity index (χ3v) is 2.95. The van der Waals surface area contributed by atoms with Crippen molar-refractivity contribution in [2.24, 2.45) is 9.98 Å². The lowest BCUT2D eigenvalue weighted by atomic mass is 10.1. The molecule has 0 aromatic heterocycles. The minimum Gasteiger partial charge on any atom is -0.475 e.